The van der Waals surface area contributed by atoms with E-state index in [1.165, 1.54) is 0 Å². The number of hydrogen-bond acceptors (Lipinski definition) is 12. The van der Waals surface area contributed by atoms with Gasteiger partial charge >= 0.3 is 23.9 Å². The van der Waals surface area contributed by atoms with Gasteiger partial charge in [0, 0.05) is 21.7 Å². The van der Waals surface area contributed by atoms with Crippen molar-refractivity contribution >= 4 is 47.0 Å². The van der Waals surface area contributed by atoms with Crippen LogP contribution in [0.25, 0.3) is 0 Å². The molecule has 0 fully saturated rings. The van der Waals surface area contributed by atoms with Gasteiger partial charge < -0.3 is 18.9 Å². The molecule has 12 heteroatoms. The quantitative estimate of drug-likeness (QED) is 0.0709. The SMILES string of the molecule is CCOC(=O)C(C)(CC=C(C)C)C(=O)C(C)(C)C.CCOC(=O)C(C)C(=O)C(C)(C)C.CCOC(=O)C(C)C(=O)C(C)(C)C.CCOC(=O)CC(=O)C(C)(C)C. The van der Waals surface area contributed by atoms with Gasteiger partial charge in [0.25, 0.3) is 0 Å². The molecule has 0 heterocycles. The predicted octanol–water partition coefficient (Wildman–Crippen LogP) is 8.68. The molecule has 0 aliphatic heterocycles. The van der Waals surface area contributed by atoms with Crippen molar-refractivity contribution in [1.82, 2.24) is 0 Å². The highest BCUT2D eigenvalue weighted by Gasteiger charge is 2.46. The number of hydrogen-bond donors (Lipinski definition) is 0. The standard InChI is InChI=1S/C15H26O3.2C10H18O3.C9H16O3/c1-8-18-13(17)15(7,10-9-11(2)3)12(16)14(4,5)6;2*1-6-13-9(12)7(2)8(11)10(3,4)5;1-5-12-8(11)6-7(10)9(2,3)4/h9H,8,10H2,1-7H3;2*7H,6H2,1-5H3;5-6H2,1-4H3. The fourth-order valence-electron chi connectivity index (χ4n) is 4.45. The Labute approximate surface area is 339 Å². The van der Waals surface area contributed by atoms with Gasteiger partial charge in [0.2, 0.25) is 0 Å². The third kappa shape index (κ3) is 24.7. The molecule has 0 radical (unpaired) electrons. The Hall–Kier alpha value is -3.70. The molecule has 0 amide bonds. The Morgan fingerprint density at radius 1 is 0.500 bits per heavy atom. The average molecular weight is 799 g/mol. The first-order valence-corrected chi connectivity index (χ1v) is 19.5. The lowest BCUT2D eigenvalue weighted by Crippen LogP contribution is -2.44. The minimum absolute atomic E-state index is 0.0778. The van der Waals surface area contributed by atoms with Crippen molar-refractivity contribution in [2.75, 3.05) is 26.4 Å². The summed E-state index contributed by atoms with van der Waals surface area (Å²) < 4.78 is 19.2. The predicted molar refractivity (Wildman–Crippen MR) is 219 cm³/mol. The molecule has 0 N–H and O–H groups in total. The van der Waals surface area contributed by atoms with Crippen LogP contribution < -0.4 is 0 Å². The molecule has 0 aliphatic carbocycles. The summed E-state index contributed by atoms with van der Waals surface area (Å²) in [5.41, 5.74) is -1.97. The van der Waals surface area contributed by atoms with Crippen molar-refractivity contribution < 1.29 is 57.3 Å². The van der Waals surface area contributed by atoms with Crippen LogP contribution >= 0.6 is 0 Å². The van der Waals surface area contributed by atoms with Gasteiger partial charge in [-0.3, -0.25) is 38.4 Å². The third-order valence-corrected chi connectivity index (χ3v) is 7.82. The maximum absolute atomic E-state index is 12.5. The summed E-state index contributed by atoms with van der Waals surface area (Å²) in [5.74, 6) is -3.34. The van der Waals surface area contributed by atoms with E-state index in [9.17, 15) is 38.4 Å². The zero-order chi connectivity index (χ0) is 45.6. The van der Waals surface area contributed by atoms with Gasteiger partial charge in [0.05, 0.1) is 26.4 Å². The fourth-order valence-corrected chi connectivity index (χ4v) is 4.45. The van der Waals surface area contributed by atoms with Crippen LogP contribution in [-0.2, 0) is 57.3 Å². The monoisotopic (exact) mass is 799 g/mol. The number of Topliss-reactive ketones (excluding diaryl/α,β-unsaturated/α-hetero) is 4. The molecule has 0 saturated carbocycles. The van der Waals surface area contributed by atoms with Gasteiger partial charge in [-0.1, -0.05) is 94.7 Å². The number of carbonyl (C=O) groups is 8. The molecule has 0 aromatic carbocycles. The van der Waals surface area contributed by atoms with Crippen molar-refractivity contribution in [3.63, 3.8) is 0 Å². The molecule has 326 valence electrons. The number of esters is 4. The highest BCUT2D eigenvalue weighted by Crippen LogP contribution is 2.34. The minimum atomic E-state index is -1.09. The summed E-state index contributed by atoms with van der Waals surface area (Å²) in [7, 11) is 0. The number of carbonyl (C=O) groups excluding carboxylic acids is 8. The van der Waals surface area contributed by atoms with E-state index in [-0.39, 0.29) is 29.6 Å². The Morgan fingerprint density at radius 2 is 0.839 bits per heavy atom. The Kier molecular flexibility index (Phi) is 27.7. The zero-order valence-electron chi connectivity index (χ0n) is 38.9. The summed E-state index contributed by atoms with van der Waals surface area (Å²) >= 11 is 0. The van der Waals surface area contributed by atoms with E-state index in [0.29, 0.717) is 32.8 Å². The first-order chi connectivity index (χ1) is 25.0. The van der Waals surface area contributed by atoms with Crippen LogP contribution in [0, 0.1) is 38.9 Å². The topological polar surface area (TPSA) is 173 Å². The van der Waals surface area contributed by atoms with Gasteiger partial charge in [0.15, 0.2) is 17.3 Å². The second kappa shape index (κ2) is 26.3. The maximum atomic E-state index is 12.5. The lowest BCUT2D eigenvalue weighted by Gasteiger charge is -2.31. The Bertz CT molecular complexity index is 1280. The molecule has 0 bridgehead atoms. The normalized spacial score (nSPS) is 13.4. The van der Waals surface area contributed by atoms with Gasteiger partial charge in [-0.25, -0.2) is 0 Å². The van der Waals surface area contributed by atoms with Crippen molar-refractivity contribution in [3.05, 3.63) is 11.6 Å². The molecule has 0 rings (SSSR count). The number of ether oxygens (including phenoxy) is 4. The van der Waals surface area contributed by atoms with Crippen molar-refractivity contribution in [3.8, 4) is 0 Å². The summed E-state index contributed by atoms with van der Waals surface area (Å²) in [6.07, 6.45) is 2.20. The third-order valence-electron chi connectivity index (χ3n) is 7.82. The Balaban J connectivity index is -0.000000326. The summed E-state index contributed by atoms with van der Waals surface area (Å²) in [6.45, 7) is 38.6. The molecular formula is C44H78O12. The van der Waals surface area contributed by atoms with Crippen LogP contribution in [0.3, 0.4) is 0 Å². The van der Waals surface area contributed by atoms with Crippen LogP contribution in [0.1, 0.15) is 158 Å². The summed E-state index contributed by atoms with van der Waals surface area (Å²) in [6, 6.07) is 0. The molecule has 0 aromatic rings. The average Bonchev–Trinajstić information content (AvgIpc) is 3.05. The van der Waals surface area contributed by atoms with E-state index in [1.54, 1.807) is 111 Å². The first-order valence-electron chi connectivity index (χ1n) is 19.5. The molecule has 56 heavy (non-hydrogen) atoms. The van der Waals surface area contributed by atoms with Gasteiger partial charge in [-0.2, -0.15) is 0 Å². The van der Waals surface area contributed by atoms with Crippen LogP contribution in [-0.4, -0.2) is 73.4 Å². The molecule has 0 aliphatic rings. The first kappa shape index (κ1) is 59.0. The van der Waals surface area contributed by atoms with E-state index in [2.05, 4.69) is 4.74 Å². The maximum Gasteiger partial charge on any atom is 0.319 e. The van der Waals surface area contributed by atoms with Crippen LogP contribution in [0.2, 0.25) is 0 Å². The molecule has 3 atom stereocenters. The second-order valence-corrected chi connectivity index (χ2v) is 17.9. The van der Waals surface area contributed by atoms with Gasteiger partial charge in [-0.15, -0.1) is 0 Å². The van der Waals surface area contributed by atoms with E-state index in [4.69, 9.17) is 14.2 Å². The number of ketones is 4. The number of rotatable bonds is 14. The molecule has 3 unspecified atom stereocenters. The van der Waals surface area contributed by atoms with E-state index < -0.39 is 62.8 Å². The summed E-state index contributed by atoms with van der Waals surface area (Å²) in [5, 5.41) is 0. The van der Waals surface area contributed by atoms with Gasteiger partial charge in [0.1, 0.15) is 29.5 Å². The smallest absolute Gasteiger partial charge is 0.319 e. The van der Waals surface area contributed by atoms with Gasteiger partial charge in [-0.05, 0) is 68.7 Å². The van der Waals surface area contributed by atoms with Crippen LogP contribution in [0.15, 0.2) is 11.6 Å². The summed E-state index contributed by atoms with van der Waals surface area (Å²) in [4.78, 5) is 92.2. The highest BCUT2D eigenvalue weighted by molar-refractivity contribution is 6.06. The minimum Gasteiger partial charge on any atom is -0.466 e. The molecule has 0 spiro atoms. The Morgan fingerprint density at radius 3 is 1.09 bits per heavy atom. The number of allylic oxidation sites excluding steroid dienone is 2. The van der Waals surface area contributed by atoms with E-state index >= 15 is 0 Å². The molecule has 0 aromatic heterocycles. The van der Waals surface area contributed by atoms with Crippen molar-refractivity contribution in [1.29, 1.82) is 0 Å². The van der Waals surface area contributed by atoms with Crippen LogP contribution in [0.4, 0.5) is 0 Å². The largest absolute Gasteiger partial charge is 0.466 e. The van der Waals surface area contributed by atoms with Crippen molar-refractivity contribution in [2.45, 2.75) is 158 Å². The van der Waals surface area contributed by atoms with E-state index in [0.717, 1.165) is 5.57 Å². The molecule has 0 saturated heterocycles. The van der Waals surface area contributed by atoms with Crippen LogP contribution in [0.5, 0.6) is 0 Å². The second-order valence-electron chi connectivity index (χ2n) is 17.9. The molecular weight excluding hydrogens is 720 g/mol. The van der Waals surface area contributed by atoms with Crippen molar-refractivity contribution in [2.24, 2.45) is 38.9 Å². The highest BCUT2D eigenvalue weighted by atomic mass is 16.5. The fraction of sp³-hybridized carbons (Fsp3) is 0.773. The van der Waals surface area contributed by atoms with E-state index in [1.807, 2.05) is 40.7 Å². The lowest BCUT2D eigenvalue weighted by atomic mass is 9.71. The zero-order valence-corrected chi connectivity index (χ0v) is 38.9. The molecule has 12 nitrogen and oxygen atoms in total. The lowest BCUT2D eigenvalue weighted by molar-refractivity contribution is -0.162.